The van der Waals surface area contributed by atoms with E-state index in [1.54, 1.807) is 18.2 Å². The summed E-state index contributed by atoms with van der Waals surface area (Å²) in [7, 11) is 2.97. The van der Waals surface area contributed by atoms with Crippen molar-refractivity contribution in [1.29, 1.82) is 0 Å². The Hall–Kier alpha value is -1.95. The Balaban J connectivity index is 2.96. The zero-order valence-corrected chi connectivity index (χ0v) is 10.1. The van der Waals surface area contributed by atoms with Gasteiger partial charge in [-0.3, -0.25) is 0 Å². The molecule has 18 heavy (non-hydrogen) atoms. The van der Waals surface area contributed by atoms with Gasteiger partial charge in [-0.1, -0.05) is 5.11 Å². The molecule has 0 radical (unpaired) electrons. The van der Waals surface area contributed by atoms with Crippen LogP contribution in [0.2, 0.25) is 0 Å². The zero-order valence-electron chi connectivity index (χ0n) is 10.1. The van der Waals surface area contributed by atoms with E-state index in [-0.39, 0.29) is 6.54 Å². The van der Waals surface area contributed by atoms with E-state index in [1.165, 1.54) is 14.2 Å². The van der Waals surface area contributed by atoms with E-state index in [2.05, 4.69) is 10.0 Å². The minimum atomic E-state index is -1.18. The van der Waals surface area contributed by atoms with Crippen LogP contribution in [0, 0.1) is 0 Å². The predicted molar refractivity (Wildman–Crippen MR) is 64.5 cm³/mol. The van der Waals surface area contributed by atoms with Crippen molar-refractivity contribution in [2.45, 2.75) is 12.2 Å². The molecule has 1 aromatic rings. The van der Waals surface area contributed by atoms with Crippen molar-refractivity contribution < 1.29 is 19.7 Å². The lowest BCUT2D eigenvalue weighted by Gasteiger charge is -2.17. The summed E-state index contributed by atoms with van der Waals surface area (Å²) < 4.78 is 10.1. The third kappa shape index (κ3) is 3.53. The maximum absolute atomic E-state index is 9.91. The molecule has 0 aliphatic carbocycles. The molecule has 0 fully saturated rings. The van der Waals surface area contributed by atoms with Crippen LogP contribution in [0.15, 0.2) is 23.3 Å². The van der Waals surface area contributed by atoms with Crippen LogP contribution in [0.4, 0.5) is 0 Å². The van der Waals surface area contributed by atoms with Crippen molar-refractivity contribution in [3.63, 3.8) is 0 Å². The van der Waals surface area contributed by atoms with Crippen molar-refractivity contribution in [2.24, 2.45) is 5.11 Å². The molecule has 2 unspecified atom stereocenters. The standard InChI is InChI=1S/C11H15N3O4/c1-17-8-3-7(4-9(5-8)18-2)11(16)10(15)6-13-14-12/h3-5,10-11,15-16H,6H2,1-2H3. The van der Waals surface area contributed by atoms with Gasteiger partial charge in [0.1, 0.15) is 17.6 Å². The molecular weight excluding hydrogens is 238 g/mol. The second-order valence-electron chi connectivity index (χ2n) is 3.57. The van der Waals surface area contributed by atoms with Gasteiger partial charge in [-0.25, -0.2) is 0 Å². The fourth-order valence-electron chi connectivity index (χ4n) is 1.44. The summed E-state index contributed by atoms with van der Waals surface area (Å²) in [6.07, 6.45) is -2.36. The first kappa shape index (κ1) is 14.1. The highest BCUT2D eigenvalue weighted by molar-refractivity contribution is 5.39. The molecule has 0 aromatic heterocycles. The number of nitrogens with zero attached hydrogens (tertiary/aromatic N) is 3. The number of benzene rings is 1. The molecule has 0 amide bonds. The van der Waals surface area contributed by atoms with E-state index in [4.69, 9.17) is 15.0 Å². The molecule has 2 atom stereocenters. The Morgan fingerprint density at radius 1 is 1.22 bits per heavy atom. The van der Waals surface area contributed by atoms with E-state index >= 15 is 0 Å². The second kappa shape index (κ2) is 6.70. The molecule has 7 heteroatoms. The maximum atomic E-state index is 9.91. The highest BCUT2D eigenvalue weighted by Crippen LogP contribution is 2.28. The summed E-state index contributed by atoms with van der Waals surface area (Å²) >= 11 is 0. The topological polar surface area (TPSA) is 108 Å². The SMILES string of the molecule is COc1cc(OC)cc(C(O)C(O)CN=[N+]=[N-])c1. The highest BCUT2D eigenvalue weighted by Gasteiger charge is 2.19. The Morgan fingerprint density at radius 2 is 1.78 bits per heavy atom. The summed E-state index contributed by atoms with van der Waals surface area (Å²) in [5.41, 5.74) is 8.58. The summed E-state index contributed by atoms with van der Waals surface area (Å²) in [5, 5.41) is 22.8. The van der Waals surface area contributed by atoms with Crippen molar-refractivity contribution in [3.8, 4) is 11.5 Å². The van der Waals surface area contributed by atoms with Gasteiger partial charge in [-0.05, 0) is 23.2 Å². The van der Waals surface area contributed by atoms with Crippen molar-refractivity contribution in [2.75, 3.05) is 20.8 Å². The number of ether oxygens (including phenoxy) is 2. The number of aliphatic hydroxyl groups excluding tert-OH is 2. The first-order valence-electron chi connectivity index (χ1n) is 5.22. The summed E-state index contributed by atoms with van der Waals surface area (Å²) in [5.74, 6) is 0.999. The minimum absolute atomic E-state index is 0.211. The Morgan fingerprint density at radius 3 is 2.22 bits per heavy atom. The Bertz CT molecular complexity index is 424. The van der Waals surface area contributed by atoms with Crippen LogP contribution >= 0.6 is 0 Å². The van der Waals surface area contributed by atoms with Crippen molar-refractivity contribution >= 4 is 0 Å². The van der Waals surface area contributed by atoms with Crippen LogP contribution < -0.4 is 9.47 Å². The molecule has 0 saturated carbocycles. The maximum Gasteiger partial charge on any atom is 0.122 e. The van der Waals surface area contributed by atoms with Gasteiger partial charge < -0.3 is 19.7 Å². The molecule has 1 rings (SSSR count). The molecule has 1 aromatic carbocycles. The fraction of sp³-hybridized carbons (Fsp3) is 0.455. The average molecular weight is 253 g/mol. The number of methoxy groups -OCH3 is 2. The second-order valence-corrected chi connectivity index (χ2v) is 3.57. The van der Waals surface area contributed by atoms with Gasteiger partial charge in [0.05, 0.1) is 26.9 Å². The molecule has 2 N–H and O–H groups in total. The monoisotopic (exact) mass is 253 g/mol. The van der Waals surface area contributed by atoms with E-state index in [9.17, 15) is 10.2 Å². The van der Waals surface area contributed by atoms with Crippen molar-refractivity contribution in [3.05, 3.63) is 34.2 Å². The third-order valence-electron chi connectivity index (χ3n) is 2.41. The first-order chi connectivity index (χ1) is 8.62. The molecule has 0 spiro atoms. The number of hydrogen-bond acceptors (Lipinski definition) is 5. The Kier molecular flexibility index (Phi) is 5.26. The molecule has 0 bridgehead atoms. The molecule has 0 heterocycles. The van der Waals surface area contributed by atoms with E-state index in [0.29, 0.717) is 17.1 Å². The molecule has 0 saturated heterocycles. The average Bonchev–Trinajstić information content (AvgIpc) is 2.43. The van der Waals surface area contributed by atoms with Crippen LogP contribution in [-0.2, 0) is 0 Å². The summed E-state index contributed by atoms with van der Waals surface area (Å²) in [6, 6.07) is 4.80. The molecule has 0 aliphatic heterocycles. The highest BCUT2D eigenvalue weighted by atomic mass is 16.5. The van der Waals surface area contributed by atoms with Crippen LogP contribution in [0.1, 0.15) is 11.7 Å². The normalized spacial score (nSPS) is 13.3. The fourth-order valence-corrected chi connectivity index (χ4v) is 1.44. The molecular formula is C11H15N3O4. The largest absolute Gasteiger partial charge is 0.497 e. The molecule has 0 aliphatic rings. The molecule has 7 nitrogen and oxygen atoms in total. The Labute approximate surface area is 104 Å². The van der Waals surface area contributed by atoms with Crippen LogP contribution in [0.5, 0.6) is 11.5 Å². The lowest BCUT2D eigenvalue weighted by molar-refractivity contribution is 0.0242. The van der Waals surface area contributed by atoms with Crippen LogP contribution in [0.3, 0.4) is 0 Å². The van der Waals surface area contributed by atoms with Crippen LogP contribution in [0.25, 0.3) is 10.4 Å². The predicted octanol–water partition coefficient (Wildman–Crippen LogP) is 1.41. The first-order valence-corrected chi connectivity index (χ1v) is 5.22. The van der Waals surface area contributed by atoms with Gasteiger partial charge in [0, 0.05) is 11.0 Å². The lowest BCUT2D eigenvalue weighted by Crippen LogP contribution is -2.21. The van der Waals surface area contributed by atoms with Crippen LogP contribution in [-0.4, -0.2) is 37.1 Å². The minimum Gasteiger partial charge on any atom is -0.497 e. The zero-order chi connectivity index (χ0) is 13.5. The van der Waals surface area contributed by atoms with Gasteiger partial charge in [0.25, 0.3) is 0 Å². The number of aliphatic hydroxyl groups is 2. The van der Waals surface area contributed by atoms with Crippen molar-refractivity contribution in [1.82, 2.24) is 0 Å². The van der Waals surface area contributed by atoms with E-state index in [0.717, 1.165) is 0 Å². The van der Waals surface area contributed by atoms with Gasteiger partial charge >= 0.3 is 0 Å². The van der Waals surface area contributed by atoms with Gasteiger partial charge in [-0.2, -0.15) is 0 Å². The number of rotatable bonds is 6. The summed E-state index contributed by atoms with van der Waals surface area (Å²) in [4.78, 5) is 2.52. The quantitative estimate of drug-likeness (QED) is 0.454. The lowest BCUT2D eigenvalue weighted by atomic mass is 10.0. The van der Waals surface area contributed by atoms with E-state index in [1.807, 2.05) is 0 Å². The smallest absolute Gasteiger partial charge is 0.122 e. The van der Waals surface area contributed by atoms with Gasteiger partial charge in [0.15, 0.2) is 0 Å². The van der Waals surface area contributed by atoms with Gasteiger partial charge in [-0.15, -0.1) is 0 Å². The number of hydrogen-bond donors (Lipinski definition) is 2. The summed E-state index contributed by atoms with van der Waals surface area (Å²) in [6.45, 7) is -0.211. The molecule has 98 valence electrons. The van der Waals surface area contributed by atoms with Gasteiger partial charge in [0.2, 0.25) is 0 Å². The van der Waals surface area contributed by atoms with E-state index < -0.39 is 12.2 Å². The number of azide groups is 1. The third-order valence-corrected chi connectivity index (χ3v) is 2.41.